The molecule has 0 aliphatic carbocycles. The third-order valence-electron chi connectivity index (χ3n) is 3.31. The molecule has 1 aromatic rings. The monoisotopic (exact) mass is 335 g/mol. The first-order valence-electron chi connectivity index (χ1n) is 6.17. The zero-order valence-corrected chi connectivity index (χ0v) is 13.5. The van der Waals surface area contributed by atoms with Crippen molar-refractivity contribution in [2.45, 2.75) is 20.3 Å². The number of nitrogens with zero attached hydrogens (tertiary/aromatic N) is 1. The molecule has 1 amide bonds. The lowest BCUT2D eigenvalue weighted by molar-refractivity contribution is -0.117. The Morgan fingerprint density at radius 3 is 2.55 bits per heavy atom. The van der Waals surface area contributed by atoms with Crippen LogP contribution in [-0.2, 0) is 13.8 Å². The molecule has 1 heterocycles. The fourth-order valence-corrected chi connectivity index (χ4v) is 4.38. The highest BCUT2D eigenvalue weighted by Crippen LogP contribution is 2.35. The molecule has 2 rings (SSSR count). The predicted molar refractivity (Wildman–Crippen MR) is 81.0 cm³/mol. The summed E-state index contributed by atoms with van der Waals surface area (Å²) < 4.78 is 22.3. The summed E-state index contributed by atoms with van der Waals surface area (Å²) in [6.45, 7) is 4.14. The van der Waals surface area contributed by atoms with E-state index in [1.807, 2.05) is 19.9 Å². The number of carbonyl (C=O) groups excluding carboxylic acids is 1. The van der Waals surface area contributed by atoms with Crippen molar-refractivity contribution in [2.24, 2.45) is 5.92 Å². The van der Waals surface area contributed by atoms with Crippen LogP contribution in [0.1, 0.15) is 17.5 Å². The van der Waals surface area contributed by atoms with Gasteiger partial charge in [0.15, 0.2) is 0 Å². The highest BCUT2D eigenvalue weighted by atomic mass is 35.7. The Bertz CT molecular complexity index is 635. The van der Waals surface area contributed by atoms with Crippen molar-refractivity contribution in [3.8, 4) is 0 Å². The second kappa shape index (κ2) is 5.54. The van der Waals surface area contributed by atoms with Gasteiger partial charge >= 0.3 is 0 Å². The lowest BCUT2D eigenvalue weighted by Gasteiger charge is -2.21. The van der Waals surface area contributed by atoms with Crippen LogP contribution in [0.2, 0.25) is 5.02 Å². The van der Waals surface area contributed by atoms with Crippen LogP contribution in [0.3, 0.4) is 0 Å². The molecule has 1 fully saturated rings. The first-order chi connectivity index (χ1) is 9.17. The second-order valence-corrected chi connectivity index (χ2v) is 8.42. The maximum absolute atomic E-state index is 12.1. The van der Waals surface area contributed by atoms with Gasteiger partial charge in [-0.2, -0.15) is 0 Å². The van der Waals surface area contributed by atoms with Crippen molar-refractivity contribution in [1.82, 2.24) is 0 Å². The van der Waals surface area contributed by atoms with E-state index in [0.717, 1.165) is 11.1 Å². The van der Waals surface area contributed by atoms with Gasteiger partial charge in [0.2, 0.25) is 15.0 Å². The third kappa shape index (κ3) is 3.45. The van der Waals surface area contributed by atoms with Crippen LogP contribution in [0.4, 0.5) is 5.69 Å². The largest absolute Gasteiger partial charge is 0.310 e. The van der Waals surface area contributed by atoms with E-state index >= 15 is 0 Å². The van der Waals surface area contributed by atoms with Gasteiger partial charge in [-0.3, -0.25) is 4.79 Å². The van der Waals surface area contributed by atoms with Crippen LogP contribution >= 0.6 is 22.3 Å². The van der Waals surface area contributed by atoms with Gasteiger partial charge in [-0.05, 0) is 31.0 Å². The lowest BCUT2D eigenvalue weighted by atomic mass is 10.1. The topological polar surface area (TPSA) is 54.5 Å². The second-order valence-electron chi connectivity index (χ2n) is 5.19. The normalized spacial score (nSPS) is 19.7. The minimum absolute atomic E-state index is 0.121. The van der Waals surface area contributed by atoms with Crippen LogP contribution in [0.15, 0.2) is 12.1 Å². The van der Waals surface area contributed by atoms with E-state index in [1.165, 1.54) is 0 Å². The number of hydrogen-bond acceptors (Lipinski definition) is 3. The standard InChI is InChI=1S/C13H15Cl2NO3S/c1-8-3-9(2)13(11(14)4-8)16-6-10(5-12(16)17)7-20(15,18)19/h3-4,10H,5-7H2,1-2H3. The predicted octanol–water partition coefficient (Wildman–Crippen LogP) is 2.88. The molecule has 1 saturated heterocycles. The summed E-state index contributed by atoms with van der Waals surface area (Å²) in [5.41, 5.74) is 2.58. The Hall–Kier alpha value is -0.780. The van der Waals surface area contributed by atoms with Gasteiger partial charge in [-0.1, -0.05) is 17.7 Å². The Balaban J connectivity index is 2.29. The van der Waals surface area contributed by atoms with E-state index in [4.69, 9.17) is 22.3 Å². The molecule has 0 bridgehead atoms. The molecule has 110 valence electrons. The van der Waals surface area contributed by atoms with Crippen molar-refractivity contribution in [3.63, 3.8) is 0 Å². The number of aryl methyl sites for hydroxylation is 2. The number of carbonyl (C=O) groups is 1. The molecule has 1 atom stereocenters. The molecule has 7 heteroatoms. The van der Waals surface area contributed by atoms with Crippen LogP contribution in [0, 0.1) is 19.8 Å². The summed E-state index contributed by atoms with van der Waals surface area (Å²) >= 11 is 6.22. The van der Waals surface area contributed by atoms with Gasteiger partial charge in [0, 0.05) is 29.6 Å². The van der Waals surface area contributed by atoms with E-state index in [2.05, 4.69) is 0 Å². The molecule has 0 spiro atoms. The third-order valence-corrected chi connectivity index (χ3v) is 4.84. The highest BCUT2D eigenvalue weighted by molar-refractivity contribution is 8.13. The summed E-state index contributed by atoms with van der Waals surface area (Å²) in [5, 5.41) is 0.505. The lowest BCUT2D eigenvalue weighted by Crippen LogP contribution is -2.26. The van der Waals surface area contributed by atoms with Crippen molar-refractivity contribution in [1.29, 1.82) is 0 Å². The minimum atomic E-state index is -3.60. The molecular formula is C13H15Cl2NO3S. The number of halogens is 2. The molecule has 0 aromatic heterocycles. The van der Waals surface area contributed by atoms with Crippen molar-refractivity contribution < 1.29 is 13.2 Å². The van der Waals surface area contributed by atoms with Gasteiger partial charge < -0.3 is 4.90 Å². The molecule has 4 nitrogen and oxygen atoms in total. The van der Waals surface area contributed by atoms with Crippen molar-refractivity contribution in [3.05, 3.63) is 28.3 Å². The summed E-state index contributed by atoms with van der Waals surface area (Å²) in [4.78, 5) is 13.6. The smallest absolute Gasteiger partial charge is 0.232 e. The molecule has 1 aliphatic heterocycles. The molecule has 1 aromatic carbocycles. The number of amides is 1. The van der Waals surface area contributed by atoms with Gasteiger partial charge in [0.1, 0.15) is 0 Å². The van der Waals surface area contributed by atoms with Crippen LogP contribution < -0.4 is 4.90 Å². The molecule has 20 heavy (non-hydrogen) atoms. The van der Waals surface area contributed by atoms with E-state index in [-0.39, 0.29) is 24.0 Å². The van der Waals surface area contributed by atoms with Crippen molar-refractivity contribution in [2.75, 3.05) is 17.2 Å². The molecular weight excluding hydrogens is 321 g/mol. The van der Waals surface area contributed by atoms with Gasteiger partial charge in [-0.25, -0.2) is 8.42 Å². The van der Waals surface area contributed by atoms with Gasteiger partial charge in [0.25, 0.3) is 0 Å². The zero-order valence-electron chi connectivity index (χ0n) is 11.2. The highest BCUT2D eigenvalue weighted by Gasteiger charge is 2.34. The van der Waals surface area contributed by atoms with Crippen molar-refractivity contribution >= 4 is 42.9 Å². The maximum atomic E-state index is 12.1. The van der Waals surface area contributed by atoms with Crippen LogP contribution in [0.5, 0.6) is 0 Å². The number of anilines is 1. The number of benzene rings is 1. The fourth-order valence-electron chi connectivity index (χ4n) is 2.64. The maximum Gasteiger partial charge on any atom is 0.232 e. The SMILES string of the molecule is Cc1cc(C)c(N2CC(CS(=O)(=O)Cl)CC2=O)c(Cl)c1. The summed E-state index contributed by atoms with van der Waals surface area (Å²) in [5.74, 6) is -0.606. The van der Waals surface area contributed by atoms with Gasteiger partial charge in [0.05, 0.1) is 16.5 Å². The number of hydrogen-bond donors (Lipinski definition) is 0. The molecule has 0 N–H and O–H groups in total. The van der Waals surface area contributed by atoms with Crippen LogP contribution in [0.25, 0.3) is 0 Å². The summed E-state index contributed by atoms with van der Waals surface area (Å²) in [7, 11) is 1.65. The first kappa shape index (κ1) is 15.6. The summed E-state index contributed by atoms with van der Waals surface area (Å²) in [6.07, 6.45) is 0.176. The quantitative estimate of drug-likeness (QED) is 0.798. The van der Waals surface area contributed by atoms with E-state index in [0.29, 0.717) is 17.3 Å². The molecule has 0 radical (unpaired) electrons. The average Bonchev–Trinajstić information content (AvgIpc) is 2.55. The summed E-state index contributed by atoms with van der Waals surface area (Å²) in [6, 6.07) is 3.74. The Morgan fingerprint density at radius 1 is 1.35 bits per heavy atom. The Morgan fingerprint density at radius 2 is 2.00 bits per heavy atom. The van der Waals surface area contributed by atoms with E-state index in [9.17, 15) is 13.2 Å². The average molecular weight is 336 g/mol. The molecule has 1 unspecified atom stereocenters. The van der Waals surface area contributed by atoms with E-state index < -0.39 is 9.05 Å². The Kier molecular flexibility index (Phi) is 4.33. The zero-order chi connectivity index (χ0) is 15.1. The molecule has 1 aliphatic rings. The number of rotatable bonds is 3. The fraction of sp³-hybridized carbons (Fsp3) is 0.462. The molecule has 0 saturated carbocycles. The minimum Gasteiger partial charge on any atom is -0.310 e. The first-order valence-corrected chi connectivity index (χ1v) is 9.02. The van der Waals surface area contributed by atoms with Gasteiger partial charge in [-0.15, -0.1) is 0 Å². The van der Waals surface area contributed by atoms with Crippen LogP contribution in [-0.4, -0.2) is 26.6 Å². The van der Waals surface area contributed by atoms with E-state index in [1.54, 1.807) is 11.0 Å². The Labute approximate surface area is 128 Å².